The van der Waals surface area contributed by atoms with Gasteiger partial charge >= 0.3 is 0 Å². The van der Waals surface area contributed by atoms with Gasteiger partial charge in [0.25, 0.3) is 5.91 Å². The number of ether oxygens (including phenoxy) is 2. The average molecular weight is 451 g/mol. The number of benzene rings is 2. The van der Waals surface area contributed by atoms with Crippen molar-refractivity contribution >= 4 is 5.91 Å². The Balaban J connectivity index is 1.59. The van der Waals surface area contributed by atoms with Gasteiger partial charge in [-0.15, -0.1) is 0 Å². The molecule has 1 saturated carbocycles. The Morgan fingerprint density at radius 2 is 1.97 bits per heavy atom. The second-order valence-electron chi connectivity index (χ2n) is 8.63. The van der Waals surface area contributed by atoms with Crippen LogP contribution in [0.2, 0.25) is 0 Å². The Kier molecular flexibility index (Phi) is 6.60. The summed E-state index contributed by atoms with van der Waals surface area (Å²) < 4.78 is 25.0. The van der Waals surface area contributed by atoms with Crippen molar-refractivity contribution in [1.82, 2.24) is 10.3 Å². The molecular weight excluding hydrogens is 423 g/mol. The highest BCUT2D eigenvalue weighted by atomic mass is 19.1. The minimum atomic E-state index is -0.486. The van der Waals surface area contributed by atoms with E-state index >= 15 is 0 Å². The van der Waals surface area contributed by atoms with Crippen molar-refractivity contribution in [3.05, 3.63) is 77.2 Å². The molecule has 1 aromatic heterocycles. The molecule has 0 saturated heterocycles. The number of aliphatic hydroxyl groups excluding tert-OH is 1. The molecule has 2 aromatic carbocycles. The SMILES string of the molecule is COc1ccc(CNC(=O)c2cc(-c3ncccc3CO)ccc2OCC2(C)CC2)cc1F. The molecule has 0 spiro atoms. The second kappa shape index (κ2) is 9.58. The van der Waals surface area contributed by atoms with Crippen LogP contribution in [-0.4, -0.2) is 29.7 Å². The van der Waals surface area contributed by atoms with Gasteiger partial charge in [0.15, 0.2) is 11.6 Å². The molecule has 0 atom stereocenters. The standard InChI is InChI=1S/C26H27FN2O4/c1-26(9-10-26)16-33-22-8-6-18(24-19(15-30)4-3-11-28-24)13-20(22)25(31)29-14-17-5-7-23(32-2)21(27)12-17/h3-8,11-13,30H,9-10,14-16H2,1-2H3,(H,29,31). The first-order chi connectivity index (χ1) is 15.9. The Labute approximate surface area is 192 Å². The maximum atomic E-state index is 14.0. The lowest BCUT2D eigenvalue weighted by molar-refractivity contribution is 0.0945. The fourth-order valence-corrected chi connectivity index (χ4v) is 3.51. The largest absolute Gasteiger partial charge is 0.494 e. The van der Waals surface area contributed by atoms with Gasteiger partial charge < -0.3 is 19.9 Å². The molecule has 1 heterocycles. The molecule has 0 unspecified atom stereocenters. The molecule has 2 N–H and O–H groups in total. The fraction of sp³-hybridized carbons (Fsp3) is 0.308. The average Bonchev–Trinajstić information content (AvgIpc) is 3.58. The molecule has 33 heavy (non-hydrogen) atoms. The van der Waals surface area contributed by atoms with E-state index < -0.39 is 5.82 Å². The van der Waals surface area contributed by atoms with Crippen molar-refractivity contribution < 1.29 is 23.8 Å². The van der Waals surface area contributed by atoms with Crippen molar-refractivity contribution in [2.24, 2.45) is 5.41 Å². The van der Waals surface area contributed by atoms with Crippen LogP contribution in [0.15, 0.2) is 54.7 Å². The van der Waals surface area contributed by atoms with E-state index in [0.29, 0.717) is 40.3 Å². The van der Waals surface area contributed by atoms with Crippen molar-refractivity contribution in [1.29, 1.82) is 0 Å². The Bertz CT molecular complexity index is 1160. The molecule has 0 radical (unpaired) electrons. The number of methoxy groups -OCH3 is 1. The van der Waals surface area contributed by atoms with Crippen molar-refractivity contribution in [2.45, 2.75) is 32.9 Å². The molecule has 1 amide bonds. The number of amides is 1. The van der Waals surface area contributed by atoms with E-state index in [0.717, 1.165) is 12.8 Å². The van der Waals surface area contributed by atoms with Crippen molar-refractivity contribution in [2.75, 3.05) is 13.7 Å². The number of nitrogens with zero attached hydrogens (tertiary/aromatic N) is 1. The predicted octanol–water partition coefficient (Wildman–Crippen LogP) is 4.50. The maximum absolute atomic E-state index is 14.0. The summed E-state index contributed by atoms with van der Waals surface area (Å²) in [5.41, 5.74) is 3.09. The number of carbonyl (C=O) groups is 1. The number of aromatic nitrogens is 1. The summed E-state index contributed by atoms with van der Waals surface area (Å²) in [7, 11) is 1.40. The third-order valence-corrected chi connectivity index (χ3v) is 5.91. The number of hydrogen-bond acceptors (Lipinski definition) is 5. The molecule has 1 aliphatic carbocycles. The lowest BCUT2D eigenvalue weighted by Crippen LogP contribution is -2.24. The van der Waals surface area contributed by atoms with Crippen LogP contribution in [0.4, 0.5) is 4.39 Å². The number of rotatable bonds is 9. The molecule has 7 heteroatoms. The van der Waals surface area contributed by atoms with Crippen LogP contribution in [0.1, 0.15) is 41.3 Å². The van der Waals surface area contributed by atoms with Crippen molar-refractivity contribution in [3.8, 4) is 22.8 Å². The molecule has 6 nitrogen and oxygen atoms in total. The summed E-state index contributed by atoms with van der Waals surface area (Å²) in [6.07, 6.45) is 3.84. The van der Waals surface area contributed by atoms with Crippen LogP contribution in [-0.2, 0) is 13.2 Å². The van der Waals surface area contributed by atoms with Gasteiger partial charge in [-0.05, 0) is 54.8 Å². The Hall–Kier alpha value is -3.45. The van der Waals surface area contributed by atoms with Crippen LogP contribution in [0.25, 0.3) is 11.3 Å². The number of nitrogens with one attached hydrogen (secondary N) is 1. The van der Waals surface area contributed by atoms with E-state index in [1.807, 2.05) is 6.07 Å². The van der Waals surface area contributed by atoms with Gasteiger partial charge in [-0.1, -0.05) is 19.1 Å². The third kappa shape index (κ3) is 5.31. The number of carbonyl (C=O) groups excluding carboxylic acids is 1. The molecule has 172 valence electrons. The number of pyridine rings is 1. The molecular formula is C26H27FN2O4. The number of halogens is 1. The highest BCUT2D eigenvalue weighted by Gasteiger charge is 2.38. The zero-order valence-electron chi connectivity index (χ0n) is 18.7. The Morgan fingerprint density at radius 3 is 2.67 bits per heavy atom. The van der Waals surface area contributed by atoms with Gasteiger partial charge in [-0.25, -0.2) is 4.39 Å². The summed E-state index contributed by atoms with van der Waals surface area (Å²) in [4.78, 5) is 17.5. The lowest BCUT2D eigenvalue weighted by atomic mass is 10.0. The molecule has 1 aliphatic rings. The van der Waals surface area contributed by atoms with Gasteiger partial charge in [0.05, 0.1) is 31.6 Å². The topological polar surface area (TPSA) is 80.7 Å². The van der Waals surface area contributed by atoms with E-state index in [2.05, 4.69) is 17.2 Å². The van der Waals surface area contributed by atoms with Gasteiger partial charge in [-0.2, -0.15) is 0 Å². The zero-order valence-corrected chi connectivity index (χ0v) is 18.7. The molecule has 3 aromatic rings. The normalized spacial score (nSPS) is 13.9. The predicted molar refractivity (Wildman–Crippen MR) is 123 cm³/mol. The molecule has 1 fully saturated rings. The summed E-state index contributed by atoms with van der Waals surface area (Å²) in [5, 5.41) is 12.5. The third-order valence-electron chi connectivity index (χ3n) is 5.91. The highest BCUT2D eigenvalue weighted by molar-refractivity contribution is 5.98. The lowest BCUT2D eigenvalue weighted by Gasteiger charge is -2.16. The van der Waals surface area contributed by atoms with Gasteiger partial charge in [0.1, 0.15) is 5.75 Å². The smallest absolute Gasteiger partial charge is 0.255 e. The quantitative estimate of drug-likeness (QED) is 0.502. The van der Waals surface area contributed by atoms with E-state index in [4.69, 9.17) is 9.47 Å². The van der Waals surface area contributed by atoms with Crippen LogP contribution >= 0.6 is 0 Å². The van der Waals surface area contributed by atoms with Gasteiger partial charge in [0.2, 0.25) is 0 Å². The monoisotopic (exact) mass is 450 g/mol. The first kappa shape index (κ1) is 22.7. The van der Waals surface area contributed by atoms with E-state index in [1.165, 1.54) is 19.2 Å². The summed E-state index contributed by atoms with van der Waals surface area (Å²) >= 11 is 0. The molecule has 0 bridgehead atoms. The van der Waals surface area contributed by atoms with Crippen LogP contribution in [0.3, 0.4) is 0 Å². The molecule has 4 rings (SSSR count). The Morgan fingerprint density at radius 1 is 1.18 bits per heavy atom. The van der Waals surface area contributed by atoms with Crippen LogP contribution < -0.4 is 14.8 Å². The van der Waals surface area contributed by atoms with E-state index in [9.17, 15) is 14.3 Å². The molecule has 0 aliphatic heterocycles. The van der Waals surface area contributed by atoms with Crippen LogP contribution in [0, 0.1) is 11.2 Å². The van der Waals surface area contributed by atoms with Gasteiger partial charge in [0, 0.05) is 29.3 Å². The first-order valence-corrected chi connectivity index (χ1v) is 10.8. The minimum absolute atomic E-state index is 0.145. The highest BCUT2D eigenvalue weighted by Crippen LogP contribution is 2.45. The fourth-order valence-electron chi connectivity index (χ4n) is 3.51. The first-order valence-electron chi connectivity index (χ1n) is 10.8. The minimum Gasteiger partial charge on any atom is -0.494 e. The van der Waals surface area contributed by atoms with Crippen molar-refractivity contribution in [3.63, 3.8) is 0 Å². The maximum Gasteiger partial charge on any atom is 0.255 e. The summed E-state index contributed by atoms with van der Waals surface area (Å²) in [6.45, 7) is 2.67. The van der Waals surface area contributed by atoms with E-state index in [1.54, 1.807) is 36.5 Å². The summed E-state index contributed by atoms with van der Waals surface area (Å²) in [5.74, 6) is -0.200. The van der Waals surface area contributed by atoms with Crippen LogP contribution in [0.5, 0.6) is 11.5 Å². The second-order valence-corrected chi connectivity index (χ2v) is 8.63. The number of hydrogen-bond donors (Lipinski definition) is 2. The van der Waals surface area contributed by atoms with E-state index in [-0.39, 0.29) is 30.2 Å². The van der Waals surface area contributed by atoms with Gasteiger partial charge in [-0.3, -0.25) is 9.78 Å². The summed E-state index contributed by atoms with van der Waals surface area (Å²) in [6, 6.07) is 13.4. The number of aliphatic hydroxyl groups is 1. The zero-order chi connectivity index (χ0) is 23.4.